The number of nitrogens with zero attached hydrogens (tertiary/aromatic N) is 3. The van der Waals surface area contributed by atoms with E-state index in [1.165, 1.54) is 16.2 Å². The lowest BCUT2D eigenvalue weighted by molar-refractivity contribution is -0.168. The molecule has 3 fully saturated rings. The van der Waals surface area contributed by atoms with Crippen LogP contribution in [0.2, 0.25) is 0 Å². The molecular formula is C26H26N4O4S. The van der Waals surface area contributed by atoms with Gasteiger partial charge in [0.05, 0.1) is 23.3 Å². The zero-order valence-electron chi connectivity index (χ0n) is 19.2. The van der Waals surface area contributed by atoms with E-state index in [0.29, 0.717) is 18.0 Å². The molecule has 1 spiro atoms. The number of carbonyl (C=O) groups excluding carboxylic acids is 3. The maximum absolute atomic E-state index is 12.8. The summed E-state index contributed by atoms with van der Waals surface area (Å²) in [6, 6.07) is 13.5. The summed E-state index contributed by atoms with van der Waals surface area (Å²) in [6.07, 6.45) is 3.21. The van der Waals surface area contributed by atoms with Crippen molar-refractivity contribution < 1.29 is 19.1 Å². The number of nitrogens with two attached hydrogens (primary N) is 1. The Labute approximate surface area is 206 Å². The summed E-state index contributed by atoms with van der Waals surface area (Å²) >= 11 is 1.50. The van der Waals surface area contributed by atoms with Crippen molar-refractivity contribution in [1.82, 2.24) is 14.8 Å². The molecule has 2 saturated carbocycles. The van der Waals surface area contributed by atoms with Gasteiger partial charge in [0, 0.05) is 12.6 Å². The first-order valence-electron chi connectivity index (χ1n) is 11.8. The van der Waals surface area contributed by atoms with E-state index in [2.05, 4.69) is 4.98 Å². The van der Waals surface area contributed by atoms with Gasteiger partial charge in [-0.1, -0.05) is 30.3 Å². The average Bonchev–Trinajstić information content (AvgIpc) is 3.23. The van der Waals surface area contributed by atoms with E-state index in [9.17, 15) is 14.4 Å². The van der Waals surface area contributed by atoms with Gasteiger partial charge in [0.1, 0.15) is 11.7 Å². The number of amides is 3. The zero-order valence-corrected chi connectivity index (χ0v) is 20.0. The lowest BCUT2D eigenvalue weighted by atomic mass is 9.52. The molecule has 2 aliphatic carbocycles. The van der Waals surface area contributed by atoms with Gasteiger partial charge in [-0.15, -0.1) is 11.3 Å². The van der Waals surface area contributed by atoms with Gasteiger partial charge in [-0.2, -0.15) is 0 Å². The summed E-state index contributed by atoms with van der Waals surface area (Å²) < 4.78 is 6.98. The number of hydrogen-bond acceptors (Lipinski definition) is 7. The predicted molar refractivity (Wildman–Crippen MR) is 131 cm³/mol. The van der Waals surface area contributed by atoms with E-state index >= 15 is 0 Å². The molecule has 1 aromatic carbocycles. The summed E-state index contributed by atoms with van der Waals surface area (Å²) in [4.78, 5) is 45.5. The van der Waals surface area contributed by atoms with Gasteiger partial charge in [-0.25, -0.2) is 4.98 Å². The van der Waals surface area contributed by atoms with E-state index in [1.54, 1.807) is 6.07 Å². The van der Waals surface area contributed by atoms with Crippen molar-refractivity contribution in [2.45, 2.75) is 44.4 Å². The molecule has 0 bridgehead atoms. The molecular weight excluding hydrogens is 464 g/mol. The fourth-order valence-corrected chi connectivity index (χ4v) is 6.60. The highest BCUT2D eigenvalue weighted by molar-refractivity contribution is 7.17. The predicted octanol–water partition coefficient (Wildman–Crippen LogP) is 2.96. The number of imide groups is 1. The maximum atomic E-state index is 12.8. The van der Waals surface area contributed by atoms with Crippen LogP contribution in [-0.4, -0.2) is 57.7 Å². The number of carbonyl (C=O) groups is 3. The van der Waals surface area contributed by atoms with Crippen molar-refractivity contribution in [3.8, 4) is 5.88 Å². The zero-order chi connectivity index (χ0) is 24.2. The Bertz CT molecular complexity index is 1290. The third-order valence-corrected chi connectivity index (χ3v) is 8.33. The summed E-state index contributed by atoms with van der Waals surface area (Å²) in [5, 5.41) is 1.92. The quantitative estimate of drug-likeness (QED) is 0.533. The number of ether oxygens (including phenoxy) is 1. The normalized spacial score (nSPS) is 26.6. The number of pyridine rings is 1. The van der Waals surface area contributed by atoms with Crippen molar-refractivity contribution in [1.29, 1.82) is 0 Å². The fourth-order valence-electron chi connectivity index (χ4n) is 5.84. The summed E-state index contributed by atoms with van der Waals surface area (Å²) in [5.41, 5.74) is 7.83. The van der Waals surface area contributed by atoms with E-state index in [4.69, 9.17) is 10.5 Å². The van der Waals surface area contributed by atoms with E-state index < -0.39 is 5.91 Å². The third-order valence-electron chi connectivity index (χ3n) is 7.47. The molecule has 0 radical (unpaired) electrons. The number of primary amides is 1. The molecule has 35 heavy (non-hydrogen) atoms. The molecule has 6 rings (SSSR count). The first-order valence-corrected chi connectivity index (χ1v) is 12.7. The summed E-state index contributed by atoms with van der Waals surface area (Å²) in [5.74, 6) is -0.477. The fraction of sp³-hybridized carbons (Fsp3) is 0.385. The number of hydrogen-bond donors (Lipinski definition) is 1. The SMILES string of the molecule is NC(=O)c1cc2sccc2nc1O[C@H]1CC2(C1)C[C@H](N1C(=O)CN(Cc3ccccc3)CC1=O)C2. The van der Waals surface area contributed by atoms with Gasteiger partial charge in [-0.05, 0) is 54.2 Å². The van der Waals surface area contributed by atoms with Crippen LogP contribution < -0.4 is 10.5 Å². The molecule has 3 aromatic rings. The van der Waals surface area contributed by atoms with Gasteiger partial charge in [0.15, 0.2) is 0 Å². The third kappa shape index (κ3) is 4.08. The van der Waals surface area contributed by atoms with Crippen molar-refractivity contribution in [3.63, 3.8) is 0 Å². The maximum Gasteiger partial charge on any atom is 0.254 e. The monoisotopic (exact) mass is 490 g/mol. The largest absolute Gasteiger partial charge is 0.474 e. The molecule has 0 unspecified atom stereocenters. The average molecular weight is 491 g/mol. The van der Waals surface area contributed by atoms with Crippen molar-refractivity contribution in [3.05, 3.63) is 59.0 Å². The first kappa shape index (κ1) is 22.2. The van der Waals surface area contributed by atoms with Crippen LogP contribution in [0.25, 0.3) is 10.2 Å². The molecule has 2 N–H and O–H groups in total. The number of thiophene rings is 1. The van der Waals surface area contributed by atoms with Crippen molar-refractivity contribution >= 4 is 39.3 Å². The van der Waals surface area contributed by atoms with E-state index in [0.717, 1.165) is 41.5 Å². The van der Waals surface area contributed by atoms with Gasteiger partial charge >= 0.3 is 0 Å². The minimum absolute atomic E-state index is 0.0312. The van der Waals surface area contributed by atoms with Gasteiger partial charge in [0.25, 0.3) is 5.91 Å². The molecule has 3 heterocycles. The molecule has 1 saturated heterocycles. The van der Waals surface area contributed by atoms with Crippen molar-refractivity contribution in [2.75, 3.05) is 13.1 Å². The smallest absolute Gasteiger partial charge is 0.254 e. The second-order valence-corrected chi connectivity index (χ2v) is 11.0. The topological polar surface area (TPSA) is 106 Å². The molecule has 9 heteroatoms. The molecule has 180 valence electrons. The highest BCUT2D eigenvalue weighted by Crippen LogP contribution is 2.58. The van der Waals surface area contributed by atoms with Gasteiger partial charge in [-0.3, -0.25) is 24.2 Å². The minimum Gasteiger partial charge on any atom is -0.474 e. The standard InChI is InChI=1S/C26H26N4O4S/c27-24(33)19-8-21-20(6-7-35-21)28-25(19)34-18-11-26(12-18)9-17(10-26)30-22(31)14-29(15-23(30)32)13-16-4-2-1-3-5-16/h1-8,17-18H,9-15H2,(H2,27,33)/t17-,18-,26?. The summed E-state index contributed by atoms with van der Waals surface area (Å²) in [7, 11) is 0. The lowest BCUT2D eigenvalue weighted by Crippen LogP contribution is -2.65. The van der Waals surface area contributed by atoms with E-state index in [-0.39, 0.29) is 42.5 Å². The molecule has 8 nitrogen and oxygen atoms in total. The Morgan fingerprint density at radius 2 is 1.80 bits per heavy atom. The Balaban J connectivity index is 1.04. The molecule has 3 amide bonds. The van der Waals surface area contributed by atoms with Crippen LogP contribution >= 0.6 is 11.3 Å². The Morgan fingerprint density at radius 3 is 2.49 bits per heavy atom. The molecule has 2 aromatic heterocycles. The van der Waals surface area contributed by atoms with Crippen LogP contribution in [-0.2, 0) is 16.1 Å². The molecule has 1 aliphatic heterocycles. The highest BCUT2D eigenvalue weighted by Gasteiger charge is 2.57. The lowest BCUT2D eigenvalue weighted by Gasteiger charge is -2.59. The Morgan fingerprint density at radius 1 is 1.09 bits per heavy atom. The molecule has 0 atom stereocenters. The van der Waals surface area contributed by atoms with Crippen molar-refractivity contribution in [2.24, 2.45) is 11.1 Å². The number of aromatic nitrogens is 1. The van der Waals surface area contributed by atoms with Crippen LogP contribution in [0.3, 0.4) is 0 Å². The Hall–Kier alpha value is -3.30. The number of benzene rings is 1. The summed E-state index contributed by atoms with van der Waals surface area (Å²) in [6.45, 7) is 1.13. The van der Waals surface area contributed by atoms with Crippen LogP contribution in [0, 0.1) is 5.41 Å². The minimum atomic E-state index is -0.552. The second-order valence-electron chi connectivity index (χ2n) is 10.0. The van der Waals surface area contributed by atoms with Gasteiger partial charge in [0.2, 0.25) is 17.7 Å². The second kappa shape index (κ2) is 8.42. The van der Waals surface area contributed by atoms with Crippen LogP contribution in [0.1, 0.15) is 41.6 Å². The number of rotatable bonds is 6. The van der Waals surface area contributed by atoms with E-state index in [1.807, 2.05) is 46.7 Å². The first-order chi connectivity index (χ1) is 16.9. The Kier molecular flexibility index (Phi) is 5.34. The van der Waals surface area contributed by atoms with Crippen LogP contribution in [0.5, 0.6) is 5.88 Å². The van der Waals surface area contributed by atoms with Crippen LogP contribution in [0.15, 0.2) is 47.8 Å². The highest BCUT2D eigenvalue weighted by atomic mass is 32.1. The number of fused-ring (bicyclic) bond motifs is 1. The number of piperazine rings is 1. The molecule has 3 aliphatic rings. The van der Waals surface area contributed by atoms with Gasteiger partial charge < -0.3 is 10.5 Å². The van der Waals surface area contributed by atoms with Crippen LogP contribution in [0.4, 0.5) is 0 Å².